The van der Waals surface area contributed by atoms with Gasteiger partial charge in [0.15, 0.2) is 0 Å². The van der Waals surface area contributed by atoms with Gasteiger partial charge in [-0.3, -0.25) is 4.79 Å². The Balaban J connectivity index is 2.45. The quantitative estimate of drug-likeness (QED) is 0.745. The van der Waals surface area contributed by atoms with Gasteiger partial charge in [-0.2, -0.15) is 0 Å². The van der Waals surface area contributed by atoms with Crippen molar-refractivity contribution in [2.24, 2.45) is 0 Å². The van der Waals surface area contributed by atoms with Crippen molar-refractivity contribution in [3.63, 3.8) is 0 Å². The number of hydrogen-bond donors (Lipinski definition) is 2. The summed E-state index contributed by atoms with van der Waals surface area (Å²) in [7, 11) is 1.46. The second-order valence-electron chi connectivity index (χ2n) is 4.44. The fraction of sp³-hybridized carbons (Fsp3) is 0.0667. The van der Waals surface area contributed by atoms with Crippen LogP contribution in [-0.4, -0.2) is 21.8 Å². The van der Waals surface area contributed by atoms with Crippen molar-refractivity contribution in [3.05, 3.63) is 63.3 Å². The Morgan fingerprint density at radius 2 is 1.86 bits per heavy atom. The minimum Gasteiger partial charge on any atom is -0.506 e. The summed E-state index contributed by atoms with van der Waals surface area (Å²) >= 11 is 0. The molecule has 0 amide bonds. The van der Waals surface area contributed by atoms with Crippen LogP contribution in [-0.2, 0) is 0 Å². The Morgan fingerprint density at radius 1 is 1.10 bits per heavy atom. The van der Waals surface area contributed by atoms with Crippen LogP contribution in [0.3, 0.4) is 0 Å². The van der Waals surface area contributed by atoms with Gasteiger partial charge in [0, 0.05) is 0 Å². The third-order valence-corrected chi connectivity index (χ3v) is 3.24. The molecule has 0 spiro atoms. The standard InChI is InChI=1S/C15H12N2O4/c1-21-12-8-4-5-9-13(12)16-15(20)17(14(9)19)10-6-2-3-7-11(10)18/h2-8,18H,1H3,(H,16,20). The molecule has 0 unspecified atom stereocenters. The lowest BCUT2D eigenvalue weighted by atomic mass is 10.2. The molecular weight excluding hydrogens is 272 g/mol. The number of phenols is 1. The highest BCUT2D eigenvalue weighted by Crippen LogP contribution is 2.21. The zero-order valence-corrected chi connectivity index (χ0v) is 11.2. The molecule has 1 aromatic heterocycles. The fourth-order valence-electron chi connectivity index (χ4n) is 2.26. The van der Waals surface area contributed by atoms with Crippen molar-refractivity contribution in [1.29, 1.82) is 0 Å². The Kier molecular flexibility index (Phi) is 2.98. The first-order chi connectivity index (χ1) is 10.1. The molecular formula is C15H12N2O4. The van der Waals surface area contributed by atoms with Gasteiger partial charge >= 0.3 is 5.69 Å². The Morgan fingerprint density at radius 3 is 2.57 bits per heavy atom. The summed E-state index contributed by atoms with van der Waals surface area (Å²) in [5.41, 5.74) is -0.692. The topological polar surface area (TPSA) is 84.3 Å². The van der Waals surface area contributed by atoms with Gasteiger partial charge in [-0.25, -0.2) is 9.36 Å². The van der Waals surface area contributed by atoms with Gasteiger partial charge in [-0.05, 0) is 24.3 Å². The minimum atomic E-state index is -0.640. The number of aromatic hydroxyl groups is 1. The average molecular weight is 284 g/mol. The zero-order chi connectivity index (χ0) is 15.0. The molecule has 2 N–H and O–H groups in total. The second kappa shape index (κ2) is 4.82. The molecule has 0 bridgehead atoms. The number of nitrogens with one attached hydrogen (secondary N) is 1. The molecule has 0 aliphatic rings. The summed E-state index contributed by atoms with van der Waals surface area (Å²) in [5, 5.41) is 10.2. The minimum absolute atomic E-state index is 0.133. The Labute approximate surface area is 118 Å². The maximum Gasteiger partial charge on any atom is 0.333 e. The van der Waals surface area contributed by atoms with E-state index in [4.69, 9.17) is 4.74 Å². The average Bonchev–Trinajstić information content (AvgIpc) is 2.48. The van der Waals surface area contributed by atoms with Crippen molar-refractivity contribution in [3.8, 4) is 17.2 Å². The largest absolute Gasteiger partial charge is 0.506 e. The lowest BCUT2D eigenvalue weighted by Gasteiger charge is -2.09. The summed E-state index contributed by atoms with van der Waals surface area (Å²) in [6, 6.07) is 11.1. The highest BCUT2D eigenvalue weighted by molar-refractivity contribution is 5.83. The van der Waals surface area contributed by atoms with Crippen molar-refractivity contribution < 1.29 is 9.84 Å². The van der Waals surface area contributed by atoms with Crippen LogP contribution in [0.15, 0.2) is 52.1 Å². The summed E-state index contributed by atoms with van der Waals surface area (Å²) in [5.74, 6) is 0.262. The van der Waals surface area contributed by atoms with Gasteiger partial charge in [-0.15, -0.1) is 0 Å². The molecule has 0 radical (unpaired) electrons. The van der Waals surface area contributed by atoms with Crippen molar-refractivity contribution in [1.82, 2.24) is 9.55 Å². The second-order valence-corrected chi connectivity index (χ2v) is 4.44. The number of aromatic amines is 1. The van der Waals surface area contributed by atoms with E-state index in [1.165, 1.54) is 19.2 Å². The predicted octanol–water partition coefficient (Wildman–Crippen LogP) is 1.39. The summed E-state index contributed by atoms with van der Waals surface area (Å²) in [6.07, 6.45) is 0. The van der Waals surface area contributed by atoms with Gasteiger partial charge in [-0.1, -0.05) is 18.2 Å². The first-order valence-electron chi connectivity index (χ1n) is 6.24. The molecule has 21 heavy (non-hydrogen) atoms. The van der Waals surface area contributed by atoms with Crippen molar-refractivity contribution >= 4 is 10.9 Å². The third kappa shape index (κ3) is 1.97. The van der Waals surface area contributed by atoms with Crippen LogP contribution < -0.4 is 16.0 Å². The normalized spacial score (nSPS) is 10.7. The number of rotatable bonds is 2. The lowest BCUT2D eigenvalue weighted by molar-refractivity contribution is 0.418. The molecule has 3 rings (SSSR count). The summed E-state index contributed by atoms with van der Waals surface area (Å²) < 4.78 is 6.04. The van der Waals surface area contributed by atoms with E-state index in [2.05, 4.69) is 4.98 Å². The number of ether oxygens (including phenoxy) is 1. The van der Waals surface area contributed by atoms with E-state index in [9.17, 15) is 14.7 Å². The molecule has 3 aromatic rings. The van der Waals surface area contributed by atoms with E-state index in [1.54, 1.807) is 30.3 Å². The molecule has 1 heterocycles. The Hall–Kier alpha value is -3.02. The van der Waals surface area contributed by atoms with Crippen LogP contribution in [0.5, 0.6) is 11.5 Å². The van der Waals surface area contributed by atoms with E-state index in [1.807, 2.05) is 0 Å². The maximum absolute atomic E-state index is 12.5. The molecule has 0 aliphatic heterocycles. The van der Waals surface area contributed by atoms with Crippen LogP contribution in [0.1, 0.15) is 0 Å². The van der Waals surface area contributed by atoms with Gasteiger partial charge in [0.05, 0.1) is 23.7 Å². The number of hydrogen-bond acceptors (Lipinski definition) is 4. The number of H-pyrrole nitrogens is 1. The molecule has 6 heteroatoms. The van der Waals surface area contributed by atoms with Crippen LogP contribution in [0, 0.1) is 0 Å². The highest BCUT2D eigenvalue weighted by Gasteiger charge is 2.14. The molecule has 0 saturated heterocycles. The number of para-hydroxylation sites is 3. The fourth-order valence-corrected chi connectivity index (χ4v) is 2.26. The molecule has 2 aromatic carbocycles. The van der Waals surface area contributed by atoms with Gasteiger partial charge < -0.3 is 14.8 Å². The van der Waals surface area contributed by atoms with E-state index in [0.29, 0.717) is 16.7 Å². The zero-order valence-electron chi connectivity index (χ0n) is 11.2. The van der Waals surface area contributed by atoms with E-state index >= 15 is 0 Å². The number of benzene rings is 2. The van der Waals surface area contributed by atoms with Crippen molar-refractivity contribution in [2.45, 2.75) is 0 Å². The van der Waals surface area contributed by atoms with Crippen LogP contribution >= 0.6 is 0 Å². The SMILES string of the molecule is COc1cccc2c(=O)n(-c3ccccc3O)c(=O)[nH]c12. The number of methoxy groups -OCH3 is 1. The summed E-state index contributed by atoms with van der Waals surface area (Å²) in [6.45, 7) is 0. The van der Waals surface area contributed by atoms with E-state index in [0.717, 1.165) is 4.57 Å². The van der Waals surface area contributed by atoms with E-state index in [-0.39, 0.29) is 11.4 Å². The number of nitrogens with zero attached hydrogens (tertiary/aromatic N) is 1. The number of aromatic nitrogens is 2. The lowest BCUT2D eigenvalue weighted by Crippen LogP contribution is -2.33. The molecule has 0 saturated carbocycles. The maximum atomic E-state index is 12.5. The highest BCUT2D eigenvalue weighted by atomic mass is 16.5. The van der Waals surface area contributed by atoms with Gasteiger partial charge in [0.2, 0.25) is 0 Å². The first-order valence-corrected chi connectivity index (χ1v) is 6.24. The van der Waals surface area contributed by atoms with Crippen LogP contribution in [0.4, 0.5) is 0 Å². The smallest absolute Gasteiger partial charge is 0.333 e. The van der Waals surface area contributed by atoms with Gasteiger partial charge in [0.1, 0.15) is 11.5 Å². The molecule has 0 atom stereocenters. The van der Waals surface area contributed by atoms with Crippen molar-refractivity contribution in [2.75, 3.05) is 7.11 Å². The molecule has 6 nitrogen and oxygen atoms in total. The number of fused-ring (bicyclic) bond motifs is 1. The van der Waals surface area contributed by atoms with E-state index < -0.39 is 11.2 Å². The van der Waals surface area contributed by atoms with Crippen LogP contribution in [0.25, 0.3) is 16.6 Å². The monoisotopic (exact) mass is 284 g/mol. The molecule has 0 aliphatic carbocycles. The van der Waals surface area contributed by atoms with Gasteiger partial charge in [0.25, 0.3) is 5.56 Å². The first kappa shape index (κ1) is 13.0. The Bertz CT molecular complexity index is 940. The number of phenolic OH excluding ortho intramolecular Hbond substituents is 1. The third-order valence-electron chi connectivity index (χ3n) is 3.24. The van der Waals surface area contributed by atoms with Crippen LogP contribution in [0.2, 0.25) is 0 Å². The molecule has 0 fully saturated rings. The summed E-state index contributed by atoms with van der Waals surface area (Å²) in [4.78, 5) is 27.4. The molecule has 106 valence electrons. The predicted molar refractivity (Wildman–Crippen MR) is 78.4 cm³/mol.